The zero-order valence-electron chi connectivity index (χ0n) is 27.1. The summed E-state index contributed by atoms with van der Waals surface area (Å²) in [6.45, 7) is 14.5. The maximum absolute atomic E-state index is 13.2. The number of hydrogen-bond donors (Lipinski definition) is 4. The molecule has 14 nitrogen and oxygen atoms in total. The molecular formula is C30H46N4O10. The first-order valence-corrected chi connectivity index (χ1v) is 14.1. The molecule has 0 saturated carbocycles. The summed E-state index contributed by atoms with van der Waals surface area (Å²) < 4.78 is 20.3. The Labute approximate surface area is 258 Å². The van der Waals surface area contributed by atoms with E-state index in [0.717, 1.165) is 0 Å². The van der Waals surface area contributed by atoms with E-state index in [1.807, 2.05) is 0 Å². The van der Waals surface area contributed by atoms with Crippen molar-refractivity contribution in [1.82, 2.24) is 21.3 Å². The number of benzene rings is 1. The second-order valence-electron chi connectivity index (χ2n) is 12.4. The van der Waals surface area contributed by atoms with Gasteiger partial charge in [0.2, 0.25) is 17.7 Å². The van der Waals surface area contributed by atoms with Crippen molar-refractivity contribution in [3.63, 3.8) is 0 Å². The minimum atomic E-state index is -1.16. The van der Waals surface area contributed by atoms with E-state index in [1.165, 1.54) is 26.2 Å². The molecule has 4 amide bonds. The first-order valence-electron chi connectivity index (χ1n) is 14.1. The molecule has 0 aromatic heterocycles. The largest absolute Gasteiger partial charge is 0.514 e. The Balaban J connectivity index is 2.91. The normalized spacial score (nSPS) is 13.4. The number of nitrogens with one attached hydrogen (secondary N) is 4. The summed E-state index contributed by atoms with van der Waals surface area (Å²) in [7, 11) is 1.21. The number of ether oxygens (including phenoxy) is 4. The Kier molecular flexibility index (Phi) is 14.1. The molecule has 0 aliphatic carbocycles. The molecule has 0 radical (unpaired) electrons. The Morgan fingerprint density at radius 2 is 1.34 bits per heavy atom. The van der Waals surface area contributed by atoms with Gasteiger partial charge in [-0.3, -0.25) is 14.4 Å². The zero-order valence-corrected chi connectivity index (χ0v) is 27.1. The van der Waals surface area contributed by atoms with Crippen LogP contribution in [0.5, 0.6) is 5.75 Å². The van der Waals surface area contributed by atoms with Crippen LogP contribution >= 0.6 is 0 Å². The van der Waals surface area contributed by atoms with Gasteiger partial charge in [-0.25, -0.2) is 14.4 Å². The quantitative estimate of drug-likeness (QED) is 0.153. The number of hydrogen-bond acceptors (Lipinski definition) is 10. The van der Waals surface area contributed by atoms with Crippen molar-refractivity contribution in [2.75, 3.05) is 13.7 Å². The fraction of sp³-hybridized carbons (Fsp3) is 0.600. The molecule has 1 aromatic rings. The lowest BCUT2D eigenvalue weighted by atomic mass is 10.0. The van der Waals surface area contributed by atoms with Gasteiger partial charge in [0.05, 0.1) is 13.7 Å². The summed E-state index contributed by atoms with van der Waals surface area (Å²) in [6.07, 6.45) is -1.72. The third-order valence-electron chi connectivity index (χ3n) is 5.57. The minimum Gasteiger partial charge on any atom is -0.467 e. The number of rotatable bonds is 12. The molecule has 0 aliphatic rings. The number of carbonyl (C=O) groups excluding carboxylic acids is 6. The molecule has 1 aromatic carbocycles. The van der Waals surface area contributed by atoms with Gasteiger partial charge < -0.3 is 40.2 Å². The number of alkyl carbamates (subject to hydrolysis) is 1. The van der Waals surface area contributed by atoms with Crippen LogP contribution in [0, 0.1) is 5.92 Å². The van der Waals surface area contributed by atoms with Crippen molar-refractivity contribution in [1.29, 1.82) is 0 Å². The lowest BCUT2D eigenvalue weighted by Crippen LogP contribution is -2.55. The fourth-order valence-corrected chi connectivity index (χ4v) is 3.50. The van der Waals surface area contributed by atoms with Gasteiger partial charge in [0.15, 0.2) is 0 Å². The summed E-state index contributed by atoms with van der Waals surface area (Å²) in [5, 5.41) is 9.95. The summed E-state index contributed by atoms with van der Waals surface area (Å²) >= 11 is 0. The zero-order chi connectivity index (χ0) is 33.8. The van der Waals surface area contributed by atoms with Gasteiger partial charge in [0, 0.05) is 6.42 Å². The average molecular weight is 623 g/mol. The van der Waals surface area contributed by atoms with E-state index in [4.69, 9.17) is 14.2 Å². The van der Waals surface area contributed by atoms with Crippen LogP contribution in [-0.4, -0.2) is 78.9 Å². The van der Waals surface area contributed by atoms with Crippen LogP contribution in [0.4, 0.5) is 9.59 Å². The third-order valence-corrected chi connectivity index (χ3v) is 5.57. The second-order valence-corrected chi connectivity index (χ2v) is 12.4. The van der Waals surface area contributed by atoms with Crippen molar-refractivity contribution < 1.29 is 47.7 Å². The van der Waals surface area contributed by atoms with Crippen molar-refractivity contribution >= 4 is 35.9 Å². The second kappa shape index (κ2) is 16.5. The van der Waals surface area contributed by atoms with E-state index in [0.29, 0.717) is 5.56 Å². The van der Waals surface area contributed by atoms with Crippen LogP contribution in [0.2, 0.25) is 0 Å². The van der Waals surface area contributed by atoms with E-state index < -0.39 is 71.8 Å². The molecular weight excluding hydrogens is 576 g/mol. The fourth-order valence-electron chi connectivity index (χ4n) is 3.50. The van der Waals surface area contributed by atoms with E-state index in [-0.39, 0.29) is 18.1 Å². The minimum absolute atomic E-state index is 0.00133. The van der Waals surface area contributed by atoms with Gasteiger partial charge in [0.1, 0.15) is 35.1 Å². The monoisotopic (exact) mass is 622 g/mol. The number of amides is 4. The first-order chi connectivity index (χ1) is 20.2. The van der Waals surface area contributed by atoms with Crippen molar-refractivity contribution in [2.45, 2.75) is 98.1 Å². The lowest BCUT2D eigenvalue weighted by molar-refractivity contribution is -0.146. The van der Waals surface area contributed by atoms with Gasteiger partial charge in [-0.05, 0) is 72.1 Å². The maximum Gasteiger partial charge on any atom is 0.514 e. The highest BCUT2D eigenvalue weighted by Gasteiger charge is 2.28. The molecule has 44 heavy (non-hydrogen) atoms. The summed E-state index contributed by atoms with van der Waals surface area (Å²) in [4.78, 5) is 74.5. The van der Waals surface area contributed by atoms with Crippen LogP contribution in [-0.2, 0) is 39.8 Å². The van der Waals surface area contributed by atoms with E-state index in [2.05, 4.69) is 26.0 Å². The van der Waals surface area contributed by atoms with Gasteiger partial charge in [0.25, 0.3) is 0 Å². The van der Waals surface area contributed by atoms with E-state index in [1.54, 1.807) is 67.5 Å². The molecule has 1 rings (SSSR count). The molecule has 246 valence electrons. The smallest absolute Gasteiger partial charge is 0.467 e. The van der Waals surface area contributed by atoms with E-state index in [9.17, 15) is 28.8 Å². The predicted octanol–water partition coefficient (Wildman–Crippen LogP) is 2.37. The molecule has 4 N–H and O–H groups in total. The highest BCUT2D eigenvalue weighted by Crippen LogP contribution is 2.17. The van der Waals surface area contributed by atoms with Crippen LogP contribution in [0.3, 0.4) is 0 Å². The van der Waals surface area contributed by atoms with Gasteiger partial charge in [-0.15, -0.1) is 0 Å². The summed E-state index contributed by atoms with van der Waals surface area (Å²) in [5.74, 6) is -2.64. The molecule has 0 unspecified atom stereocenters. The maximum atomic E-state index is 13.2. The van der Waals surface area contributed by atoms with Gasteiger partial charge in [-0.1, -0.05) is 26.0 Å². The molecule has 0 aliphatic heterocycles. The number of methoxy groups -OCH3 is 1. The number of esters is 1. The first kappa shape index (κ1) is 37.7. The number of carbonyl (C=O) groups is 6. The van der Waals surface area contributed by atoms with Crippen LogP contribution in [0.25, 0.3) is 0 Å². The molecule has 14 heteroatoms. The van der Waals surface area contributed by atoms with Gasteiger partial charge >= 0.3 is 18.2 Å². The summed E-state index contributed by atoms with van der Waals surface area (Å²) in [6, 6.07) is 3.07. The Morgan fingerprint density at radius 3 is 1.84 bits per heavy atom. The Hall–Kier alpha value is -4.36. The Morgan fingerprint density at radius 1 is 0.773 bits per heavy atom. The third kappa shape index (κ3) is 14.7. The van der Waals surface area contributed by atoms with Crippen molar-refractivity contribution in [2.24, 2.45) is 5.92 Å². The Bertz CT molecular complexity index is 1170. The SMILES string of the molecule is COC(=O)[C@@H](NC(=O)CNC(=O)[C@H](C)NC(=O)[C@H](Cc1ccc(OC(=O)OC(C)(C)C)cc1)NC(=O)OC(C)(C)C)C(C)C. The summed E-state index contributed by atoms with van der Waals surface area (Å²) in [5.41, 5.74) is -0.967. The molecule has 0 saturated heterocycles. The highest BCUT2D eigenvalue weighted by molar-refractivity contribution is 5.93. The predicted molar refractivity (Wildman–Crippen MR) is 160 cm³/mol. The molecule has 0 heterocycles. The van der Waals surface area contributed by atoms with Crippen LogP contribution < -0.4 is 26.0 Å². The van der Waals surface area contributed by atoms with E-state index >= 15 is 0 Å². The van der Waals surface area contributed by atoms with Crippen molar-refractivity contribution in [3.05, 3.63) is 29.8 Å². The highest BCUT2D eigenvalue weighted by atomic mass is 16.7. The molecule has 3 atom stereocenters. The molecule has 0 bridgehead atoms. The van der Waals surface area contributed by atoms with Crippen LogP contribution in [0.15, 0.2) is 24.3 Å². The standard InChI is InChI=1S/C30H46N4O10/c1-17(2)23(26(38)41-10)34-22(35)16-31-24(36)18(3)32-25(37)21(33-27(39)43-29(4,5)6)15-19-11-13-20(14-12-19)42-28(40)44-30(7,8)9/h11-14,17-18,21,23H,15-16H2,1-10H3,(H,31,36)(H,32,37)(H,33,39)(H,34,35)/t18-,21-,23-/m0/s1. The molecule has 0 fully saturated rings. The lowest BCUT2D eigenvalue weighted by Gasteiger charge is -2.24. The van der Waals surface area contributed by atoms with Crippen molar-refractivity contribution in [3.8, 4) is 5.75 Å². The van der Waals surface area contributed by atoms with Gasteiger partial charge in [-0.2, -0.15) is 0 Å². The molecule has 0 spiro atoms. The average Bonchev–Trinajstić information content (AvgIpc) is 2.88. The topological polar surface area (TPSA) is 187 Å². The van der Waals surface area contributed by atoms with Crippen LogP contribution in [0.1, 0.15) is 67.9 Å².